The lowest BCUT2D eigenvalue weighted by atomic mass is 10.3. The molecule has 0 aromatic rings. The Balaban J connectivity index is 4.32. The lowest BCUT2D eigenvalue weighted by molar-refractivity contribution is 0.808. The van der Waals surface area contributed by atoms with Gasteiger partial charge in [-0.15, -0.1) is 0 Å². The molecule has 9 heavy (non-hydrogen) atoms. The number of rotatable bonds is 0. The van der Waals surface area contributed by atoms with Crippen LogP contribution in [-0.2, 0) is 10.9 Å². The zero-order valence-electron chi connectivity index (χ0n) is 6.11. The molecule has 0 heterocycles. The van der Waals surface area contributed by atoms with E-state index in [9.17, 15) is 0 Å². The number of hydrogen-bond donors (Lipinski definition) is 0. The highest BCUT2D eigenvalue weighted by molar-refractivity contribution is 8.44. The summed E-state index contributed by atoms with van der Waals surface area (Å²) < 4.78 is -1.49. The fourth-order valence-corrected chi connectivity index (χ4v) is 8.05. The summed E-state index contributed by atoms with van der Waals surface area (Å²) in [7, 11) is 1.66. The van der Waals surface area contributed by atoms with Crippen LogP contribution in [0.2, 0.25) is 0 Å². The van der Waals surface area contributed by atoms with Crippen molar-refractivity contribution in [2.45, 2.75) is 25.5 Å². The Morgan fingerprint density at radius 3 is 1.56 bits per heavy atom. The van der Waals surface area contributed by atoms with E-state index < -0.39 is 4.74 Å². The van der Waals surface area contributed by atoms with E-state index in [4.69, 9.17) is 22.5 Å². The Kier molecular flexibility index (Phi) is 3.51. The minimum atomic E-state index is -1.68. The molecule has 0 atom stereocenters. The third-order valence-corrected chi connectivity index (χ3v) is 5.15. The fraction of sp³-hybridized carbons (Fsp3) is 1.00. The van der Waals surface area contributed by atoms with E-state index in [0.717, 1.165) is 0 Å². The highest BCUT2D eigenvalue weighted by Gasteiger charge is 2.27. The number of halogens is 2. The van der Waals surface area contributed by atoms with Crippen LogP contribution < -0.4 is 0 Å². The van der Waals surface area contributed by atoms with Gasteiger partial charge in [0.1, 0.15) is 0 Å². The summed E-state index contributed by atoms with van der Waals surface area (Å²) in [5, 5.41) is 0. The third kappa shape index (κ3) is 9.23. The van der Waals surface area contributed by atoms with Gasteiger partial charge in [0.25, 0.3) is 4.74 Å². The van der Waals surface area contributed by atoms with E-state index in [1.807, 2.05) is 6.66 Å². The Morgan fingerprint density at radius 2 is 1.56 bits per heavy atom. The molecular weight excluding hydrogens is 194 g/mol. The fourth-order valence-electron chi connectivity index (χ4n) is 0.481. The van der Waals surface area contributed by atoms with E-state index in [1.165, 1.54) is 0 Å². The van der Waals surface area contributed by atoms with Crippen LogP contribution in [0.15, 0.2) is 0 Å². The lowest BCUT2D eigenvalue weighted by Crippen LogP contribution is -2.10. The molecule has 56 valence electrons. The topological polar surface area (TPSA) is 0 Å². The van der Waals surface area contributed by atoms with Gasteiger partial charge in [0.05, 0.1) is 0 Å². The third-order valence-electron chi connectivity index (χ3n) is 0.434. The van der Waals surface area contributed by atoms with E-state index in [0.29, 0.717) is 0 Å². The highest BCUT2D eigenvalue weighted by Crippen LogP contribution is 2.56. The molecule has 0 amide bonds. The van der Waals surface area contributed by atoms with Gasteiger partial charge in [0.15, 0.2) is 15.7 Å². The first-order chi connectivity index (χ1) is 3.71. The molecule has 0 saturated heterocycles. The van der Waals surface area contributed by atoms with E-state index in [-0.39, 0.29) is 4.75 Å². The van der Waals surface area contributed by atoms with Gasteiger partial charge in [-0.05, 0) is 43.3 Å². The SMILES string of the molecule is CC(C)(C)[S+]=P(C)(Cl)Cl. The summed E-state index contributed by atoms with van der Waals surface area (Å²) in [6, 6.07) is 0. The molecule has 0 aliphatic rings. The lowest BCUT2D eigenvalue weighted by Gasteiger charge is -1.99. The van der Waals surface area contributed by atoms with Crippen molar-refractivity contribution in [1.82, 2.24) is 0 Å². The molecule has 0 aliphatic carbocycles. The first kappa shape index (κ1) is 10.2. The Hall–Kier alpha value is 1.23. The van der Waals surface area contributed by atoms with Crippen molar-refractivity contribution in [2.75, 3.05) is 6.66 Å². The van der Waals surface area contributed by atoms with Crippen molar-refractivity contribution in [3.05, 3.63) is 0 Å². The molecule has 0 N–H and O–H groups in total. The quantitative estimate of drug-likeness (QED) is 0.418. The van der Waals surface area contributed by atoms with Crippen molar-refractivity contribution < 1.29 is 0 Å². The highest BCUT2D eigenvalue weighted by atomic mass is 35.9. The van der Waals surface area contributed by atoms with Crippen molar-refractivity contribution in [3.63, 3.8) is 0 Å². The molecule has 0 spiro atoms. The Bertz CT molecular complexity index is 133. The van der Waals surface area contributed by atoms with Crippen LogP contribution in [0.25, 0.3) is 0 Å². The van der Waals surface area contributed by atoms with Crippen molar-refractivity contribution in [2.24, 2.45) is 0 Å². The van der Waals surface area contributed by atoms with E-state index in [2.05, 4.69) is 20.8 Å². The van der Waals surface area contributed by atoms with Gasteiger partial charge in [-0.2, -0.15) is 0 Å². The first-order valence-corrected chi connectivity index (χ1v) is 8.14. The van der Waals surface area contributed by atoms with Crippen LogP contribution in [0.5, 0.6) is 0 Å². The largest absolute Gasteiger partial charge is 0.292 e. The van der Waals surface area contributed by atoms with Crippen molar-refractivity contribution in [1.29, 1.82) is 0 Å². The van der Waals surface area contributed by atoms with Crippen LogP contribution in [0, 0.1) is 0 Å². The summed E-state index contributed by atoms with van der Waals surface area (Å²) in [5.41, 5.74) is 0. The van der Waals surface area contributed by atoms with Crippen LogP contribution in [-0.4, -0.2) is 11.4 Å². The van der Waals surface area contributed by atoms with Crippen molar-refractivity contribution in [3.8, 4) is 0 Å². The van der Waals surface area contributed by atoms with Gasteiger partial charge in [-0.1, -0.05) is 0 Å². The molecule has 0 bridgehead atoms. The maximum atomic E-state index is 5.86. The zero-order valence-corrected chi connectivity index (χ0v) is 9.33. The van der Waals surface area contributed by atoms with Gasteiger partial charge in [0, 0.05) is 6.66 Å². The standard InChI is InChI=1S/C5H12Cl2PS/c1-5(2,3)9-8(4,6)7/h1-4H3/q+1. The minimum Gasteiger partial charge on any atom is -0.0213 e. The normalized spacial score (nSPS) is 13.6. The molecule has 4 heteroatoms. The second kappa shape index (κ2) is 3.09. The van der Waals surface area contributed by atoms with Crippen LogP contribution >= 0.6 is 27.2 Å². The minimum absolute atomic E-state index is 0.187. The molecule has 0 rings (SSSR count). The van der Waals surface area contributed by atoms with Crippen LogP contribution in [0.1, 0.15) is 20.8 Å². The van der Waals surface area contributed by atoms with Gasteiger partial charge in [0.2, 0.25) is 0 Å². The van der Waals surface area contributed by atoms with Crippen molar-refractivity contribution >= 4 is 38.2 Å². The monoisotopic (exact) mass is 205 g/mol. The predicted octanol–water partition coefficient (Wildman–Crippen LogP) is 3.74. The average Bonchev–Trinajstić information content (AvgIpc) is 1.14. The summed E-state index contributed by atoms with van der Waals surface area (Å²) in [6.45, 7) is 8.23. The second-order valence-electron chi connectivity index (χ2n) is 2.93. The summed E-state index contributed by atoms with van der Waals surface area (Å²) in [5.74, 6) is 0. The van der Waals surface area contributed by atoms with Gasteiger partial charge in [-0.25, -0.2) is 0 Å². The molecule has 0 radical (unpaired) electrons. The smallest absolute Gasteiger partial charge is 0.0213 e. The molecule has 0 aromatic heterocycles. The first-order valence-electron chi connectivity index (χ1n) is 2.67. The average molecular weight is 206 g/mol. The maximum Gasteiger partial charge on any atom is 0.292 e. The number of hydrogen-bond acceptors (Lipinski definition) is 0. The summed E-state index contributed by atoms with van der Waals surface area (Å²) >= 11 is 11.7. The van der Waals surface area contributed by atoms with Gasteiger partial charge >= 0.3 is 0 Å². The zero-order chi connectivity index (χ0) is 7.71. The molecular formula is C5H12Cl2PS+. The summed E-state index contributed by atoms with van der Waals surface area (Å²) in [6.07, 6.45) is 0. The molecule has 0 aromatic carbocycles. The predicted molar refractivity (Wildman–Crippen MR) is 51.7 cm³/mol. The Morgan fingerprint density at radius 1 is 1.22 bits per heavy atom. The van der Waals surface area contributed by atoms with E-state index >= 15 is 0 Å². The van der Waals surface area contributed by atoms with Gasteiger partial charge in [-0.3, -0.25) is 0 Å². The van der Waals surface area contributed by atoms with Crippen LogP contribution in [0.3, 0.4) is 0 Å². The second-order valence-corrected chi connectivity index (χ2v) is 14.3. The van der Waals surface area contributed by atoms with E-state index in [1.54, 1.807) is 10.9 Å². The molecule has 0 aliphatic heterocycles. The molecule has 0 fully saturated rings. The molecule has 0 unspecified atom stereocenters. The maximum absolute atomic E-state index is 5.86. The Labute approximate surface area is 70.5 Å². The van der Waals surface area contributed by atoms with Gasteiger partial charge < -0.3 is 0 Å². The summed E-state index contributed by atoms with van der Waals surface area (Å²) in [4.78, 5) is 0. The van der Waals surface area contributed by atoms with Crippen LogP contribution in [0.4, 0.5) is 0 Å². The molecule has 0 saturated carbocycles. The molecule has 0 nitrogen and oxygen atoms in total.